The Morgan fingerprint density at radius 2 is 1.77 bits per heavy atom. The predicted octanol–water partition coefficient (Wildman–Crippen LogP) is 2.45. The quantitative estimate of drug-likeness (QED) is 0.688. The average molecular weight is 173 g/mol. The number of benzene rings is 1. The lowest BCUT2D eigenvalue weighted by atomic mass is 10.0. The molecule has 0 fully saturated rings. The van der Waals surface area contributed by atoms with Gasteiger partial charge >= 0.3 is 0 Å². The minimum atomic E-state index is 0.484. The maximum absolute atomic E-state index is 3.47. The van der Waals surface area contributed by atoms with Gasteiger partial charge < -0.3 is 5.32 Å². The molecule has 1 aromatic rings. The van der Waals surface area contributed by atoms with Crippen LogP contribution in [0.15, 0.2) is 36.4 Å². The van der Waals surface area contributed by atoms with E-state index in [-0.39, 0.29) is 0 Å². The zero-order valence-corrected chi connectivity index (χ0v) is 8.12. The molecule has 2 unspecified atom stereocenters. The maximum atomic E-state index is 3.47. The van der Waals surface area contributed by atoms with E-state index in [1.54, 1.807) is 0 Å². The molecule has 1 heterocycles. The van der Waals surface area contributed by atoms with Crippen molar-refractivity contribution >= 4 is 5.57 Å². The summed E-state index contributed by atoms with van der Waals surface area (Å²) in [7, 11) is 0. The van der Waals surface area contributed by atoms with Crippen LogP contribution in [0.3, 0.4) is 0 Å². The third-order valence-electron chi connectivity index (χ3n) is 2.52. The molecule has 2 atom stereocenters. The van der Waals surface area contributed by atoms with Gasteiger partial charge in [-0.05, 0) is 25.0 Å². The molecule has 0 bridgehead atoms. The molecule has 0 aliphatic carbocycles. The molecule has 0 amide bonds. The van der Waals surface area contributed by atoms with Crippen LogP contribution in [0.4, 0.5) is 0 Å². The SMILES string of the molecule is CC1C=C(c2ccccc2)C(C)N1. The highest BCUT2D eigenvalue weighted by Crippen LogP contribution is 2.23. The lowest BCUT2D eigenvalue weighted by Crippen LogP contribution is -2.26. The van der Waals surface area contributed by atoms with Crippen LogP contribution in [0, 0.1) is 0 Å². The average Bonchev–Trinajstić information content (AvgIpc) is 2.47. The van der Waals surface area contributed by atoms with Crippen LogP contribution in [0.1, 0.15) is 19.4 Å². The van der Waals surface area contributed by atoms with Gasteiger partial charge in [0.05, 0.1) is 0 Å². The zero-order chi connectivity index (χ0) is 9.26. The highest BCUT2D eigenvalue weighted by Gasteiger charge is 2.19. The maximum Gasteiger partial charge on any atom is 0.0300 e. The van der Waals surface area contributed by atoms with Crippen molar-refractivity contribution in [3.63, 3.8) is 0 Å². The second-order valence-corrected chi connectivity index (χ2v) is 3.67. The normalized spacial score (nSPS) is 27.4. The molecule has 68 valence electrons. The van der Waals surface area contributed by atoms with Crippen molar-refractivity contribution in [2.75, 3.05) is 0 Å². The Hall–Kier alpha value is -1.08. The molecule has 1 N–H and O–H groups in total. The van der Waals surface area contributed by atoms with E-state index in [1.165, 1.54) is 11.1 Å². The van der Waals surface area contributed by atoms with Crippen LogP contribution in [0.5, 0.6) is 0 Å². The van der Waals surface area contributed by atoms with Gasteiger partial charge in [0.1, 0.15) is 0 Å². The molecule has 0 radical (unpaired) electrons. The van der Waals surface area contributed by atoms with Crippen LogP contribution in [0.2, 0.25) is 0 Å². The van der Waals surface area contributed by atoms with E-state index in [1.807, 2.05) is 0 Å². The van der Waals surface area contributed by atoms with Gasteiger partial charge in [0.2, 0.25) is 0 Å². The molecule has 2 rings (SSSR count). The molecule has 0 saturated heterocycles. The highest BCUT2D eigenvalue weighted by molar-refractivity contribution is 5.71. The van der Waals surface area contributed by atoms with Crippen LogP contribution < -0.4 is 5.32 Å². The van der Waals surface area contributed by atoms with Crippen LogP contribution in [-0.2, 0) is 0 Å². The van der Waals surface area contributed by atoms with Gasteiger partial charge in [0.25, 0.3) is 0 Å². The van der Waals surface area contributed by atoms with Crippen molar-refractivity contribution in [3.8, 4) is 0 Å². The molecule has 1 aromatic carbocycles. The highest BCUT2D eigenvalue weighted by atomic mass is 15.0. The first kappa shape index (κ1) is 8.52. The van der Waals surface area contributed by atoms with Crippen molar-refractivity contribution in [1.29, 1.82) is 0 Å². The predicted molar refractivity (Wildman–Crippen MR) is 56.5 cm³/mol. The molecule has 1 aliphatic rings. The van der Waals surface area contributed by atoms with Gasteiger partial charge in [-0.1, -0.05) is 36.4 Å². The van der Waals surface area contributed by atoms with Crippen LogP contribution in [-0.4, -0.2) is 12.1 Å². The number of hydrogen-bond donors (Lipinski definition) is 1. The lowest BCUT2D eigenvalue weighted by molar-refractivity contribution is 0.633. The Labute approximate surface area is 79.5 Å². The van der Waals surface area contributed by atoms with E-state index in [4.69, 9.17) is 0 Å². The van der Waals surface area contributed by atoms with Gasteiger partial charge in [0, 0.05) is 12.1 Å². The summed E-state index contributed by atoms with van der Waals surface area (Å²) in [6.07, 6.45) is 2.31. The smallest absolute Gasteiger partial charge is 0.0300 e. The Morgan fingerprint density at radius 3 is 2.31 bits per heavy atom. The van der Waals surface area contributed by atoms with Crippen molar-refractivity contribution in [2.24, 2.45) is 0 Å². The molecular weight excluding hydrogens is 158 g/mol. The number of nitrogens with one attached hydrogen (secondary N) is 1. The molecule has 0 saturated carbocycles. The Morgan fingerprint density at radius 1 is 1.08 bits per heavy atom. The van der Waals surface area contributed by atoms with Crippen molar-refractivity contribution in [2.45, 2.75) is 25.9 Å². The standard InChI is InChI=1S/C12H15N/c1-9-8-12(10(2)13-9)11-6-4-3-5-7-11/h3-10,13H,1-2H3. The summed E-state index contributed by atoms with van der Waals surface area (Å²) in [6, 6.07) is 11.6. The van der Waals surface area contributed by atoms with Gasteiger partial charge in [-0.2, -0.15) is 0 Å². The van der Waals surface area contributed by atoms with E-state index in [9.17, 15) is 0 Å². The van der Waals surface area contributed by atoms with E-state index in [0.717, 1.165) is 0 Å². The van der Waals surface area contributed by atoms with Crippen molar-refractivity contribution in [1.82, 2.24) is 5.32 Å². The summed E-state index contributed by atoms with van der Waals surface area (Å²) in [6.45, 7) is 4.40. The topological polar surface area (TPSA) is 12.0 Å². The molecule has 0 aromatic heterocycles. The van der Waals surface area contributed by atoms with Gasteiger partial charge in [-0.25, -0.2) is 0 Å². The Kier molecular flexibility index (Phi) is 2.19. The summed E-state index contributed by atoms with van der Waals surface area (Å²) >= 11 is 0. The summed E-state index contributed by atoms with van der Waals surface area (Å²) in [5.41, 5.74) is 2.76. The zero-order valence-electron chi connectivity index (χ0n) is 8.12. The first-order chi connectivity index (χ1) is 6.27. The molecule has 1 nitrogen and oxygen atoms in total. The Balaban J connectivity index is 2.32. The first-order valence-electron chi connectivity index (χ1n) is 4.80. The minimum Gasteiger partial charge on any atom is -0.304 e. The fraction of sp³-hybridized carbons (Fsp3) is 0.333. The largest absolute Gasteiger partial charge is 0.304 e. The van der Waals surface area contributed by atoms with Gasteiger partial charge in [-0.3, -0.25) is 0 Å². The summed E-state index contributed by atoms with van der Waals surface area (Å²) in [5.74, 6) is 0. The van der Waals surface area contributed by atoms with Gasteiger partial charge in [-0.15, -0.1) is 0 Å². The lowest BCUT2D eigenvalue weighted by Gasteiger charge is -2.10. The minimum absolute atomic E-state index is 0.484. The number of hydrogen-bond acceptors (Lipinski definition) is 1. The molecular formula is C12H15N. The molecule has 1 aliphatic heterocycles. The van der Waals surface area contributed by atoms with Crippen molar-refractivity contribution < 1.29 is 0 Å². The van der Waals surface area contributed by atoms with Crippen LogP contribution >= 0.6 is 0 Å². The van der Waals surface area contributed by atoms with Crippen LogP contribution in [0.25, 0.3) is 5.57 Å². The van der Waals surface area contributed by atoms with E-state index >= 15 is 0 Å². The summed E-state index contributed by atoms with van der Waals surface area (Å²) in [4.78, 5) is 0. The van der Waals surface area contributed by atoms with E-state index in [2.05, 4.69) is 55.6 Å². The van der Waals surface area contributed by atoms with E-state index in [0.29, 0.717) is 12.1 Å². The molecule has 0 spiro atoms. The number of rotatable bonds is 1. The van der Waals surface area contributed by atoms with E-state index < -0.39 is 0 Å². The Bertz CT molecular complexity index is 313. The first-order valence-corrected chi connectivity index (χ1v) is 4.80. The second kappa shape index (κ2) is 3.35. The third-order valence-corrected chi connectivity index (χ3v) is 2.52. The second-order valence-electron chi connectivity index (χ2n) is 3.67. The summed E-state index contributed by atoms with van der Waals surface area (Å²) < 4.78 is 0. The summed E-state index contributed by atoms with van der Waals surface area (Å²) in [5, 5.41) is 3.47. The van der Waals surface area contributed by atoms with Crippen molar-refractivity contribution in [3.05, 3.63) is 42.0 Å². The molecule has 13 heavy (non-hydrogen) atoms. The fourth-order valence-corrected chi connectivity index (χ4v) is 1.92. The third kappa shape index (κ3) is 1.65. The molecule has 1 heteroatoms. The fourth-order valence-electron chi connectivity index (χ4n) is 1.92. The van der Waals surface area contributed by atoms with Gasteiger partial charge in [0.15, 0.2) is 0 Å². The monoisotopic (exact) mass is 173 g/mol.